The SMILES string of the molecule is CCCCCCCCCCCCCCCCCCCCCCCCCCCCCC(=O)N[C@@H](CO)C(=O)OCCCCCCCCCCCC. The van der Waals surface area contributed by atoms with Crippen LogP contribution in [0.4, 0.5) is 0 Å². The highest BCUT2D eigenvalue weighted by molar-refractivity contribution is 5.84. The zero-order valence-electron chi connectivity index (χ0n) is 34.0. The highest BCUT2D eigenvalue weighted by Gasteiger charge is 2.21. The van der Waals surface area contributed by atoms with E-state index in [0.29, 0.717) is 13.0 Å². The molecule has 50 heavy (non-hydrogen) atoms. The standard InChI is InChI=1S/C45H89NO4/c1-3-5-7-9-11-13-15-16-17-18-19-20-21-22-23-24-25-26-27-28-29-30-31-32-34-36-38-40-44(48)46-43(42-47)45(49)50-41-39-37-35-33-14-12-10-8-6-4-2/h43,47H,3-42H2,1-2H3,(H,46,48)/t43-/m0/s1. The van der Waals surface area contributed by atoms with Crippen LogP contribution in [0.3, 0.4) is 0 Å². The number of nitrogens with one attached hydrogen (secondary N) is 1. The second kappa shape index (κ2) is 42.3. The van der Waals surface area contributed by atoms with Gasteiger partial charge in [0.05, 0.1) is 13.2 Å². The Bertz CT molecular complexity index is 684. The molecule has 0 aliphatic heterocycles. The van der Waals surface area contributed by atoms with Crippen molar-refractivity contribution in [3.8, 4) is 0 Å². The molecule has 1 amide bonds. The molecule has 0 saturated heterocycles. The molecule has 2 N–H and O–H groups in total. The first-order chi connectivity index (χ1) is 24.7. The largest absolute Gasteiger partial charge is 0.464 e. The maximum Gasteiger partial charge on any atom is 0.331 e. The quantitative estimate of drug-likeness (QED) is 0.0489. The minimum absolute atomic E-state index is 0.167. The Labute approximate surface area is 313 Å². The summed E-state index contributed by atoms with van der Waals surface area (Å²) < 4.78 is 5.32. The Morgan fingerprint density at radius 1 is 0.420 bits per heavy atom. The van der Waals surface area contributed by atoms with Gasteiger partial charge in [-0.25, -0.2) is 4.79 Å². The number of hydrogen-bond acceptors (Lipinski definition) is 4. The Balaban J connectivity index is 3.38. The van der Waals surface area contributed by atoms with E-state index in [1.54, 1.807) is 0 Å². The summed E-state index contributed by atoms with van der Waals surface area (Å²) in [5.41, 5.74) is 0. The second-order valence-corrected chi connectivity index (χ2v) is 15.6. The van der Waals surface area contributed by atoms with Crippen molar-refractivity contribution in [2.75, 3.05) is 13.2 Å². The Morgan fingerprint density at radius 2 is 0.680 bits per heavy atom. The Morgan fingerprint density at radius 3 is 0.960 bits per heavy atom. The lowest BCUT2D eigenvalue weighted by atomic mass is 10.0. The van der Waals surface area contributed by atoms with E-state index >= 15 is 0 Å². The van der Waals surface area contributed by atoms with Crippen LogP contribution in [0.15, 0.2) is 0 Å². The number of hydrogen-bond donors (Lipinski definition) is 2. The minimum Gasteiger partial charge on any atom is -0.464 e. The third kappa shape index (κ3) is 38.1. The van der Waals surface area contributed by atoms with Crippen molar-refractivity contribution in [2.24, 2.45) is 0 Å². The molecule has 5 nitrogen and oxygen atoms in total. The fourth-order valence-corrected chi connectivity index (χ4v) is 7.09. The summed E-state index contributed by atoms with van der Waals surface area (Å²) in [6.07, 6.45) is 49.7. The Hall–Kier alpha value is -1.10. The lowest BCUT2D eigenvalue weighted by Crippen LogP contribution is -2.44. The fraction of sp³-hybridized carbons (Fsp3) is 0.956. The van der Waals surface area contributed by atoms with Crippen molar-refractivity contribution in [2.45, 2.75) is 264 Å². The van der Waals surface area contributed by atoms with Crippen LogP contribution in [-0.2, 0) is 14.3 Å². The van der Waals surface area contributed by atoms with E-state index < -0.39 is 18.6 Å². The number of amides is 1. The maximum atomic E-state index is 12.3. The van der Waals surface area contributed by atoms with Crippen LogP contribution in [0.5, 0.6) is 0 Å². The molecule has 0 aliphatic rings. The Kier molecular flexibility index (Phi) is 41.4. The van der Waals surface area contributed by atoms with E-state index in [4.69, 9.17) is 4.74 Å². The molecular formula is C45H89NO4. The molecule has 298 valence electrons. The van der Waals surface area contributed by atoms with Gasteiger partial charge in [-0.15, -0.1) is 0 Å². The number of carbonyl (C=O) groups excluding carboxylic acids is 2. The van der Waals surface area contributed by atoms with Gasteiger partial charge in [0.1, 0.15) is 0 Å². The van der Waals surface area contributed by atoms with E-state index in [1.807, 2.05) is 0 Å². The highest BCUT2D eigenvalue weighted by atomic mass is 16.5. The first kappa shape index (κ1) is 48.9. The van der Waals surface area contributed by atoms with Crippen molar-refractivity contribution in [1.29, 1.82) is 0 Å². The summed E-state index contributed by atoms with van der Waals surface area (Å²) in [5, 5.41) is 12.2. The van der Waals surface area contributed by atoms with Crippen molar-refractivity contribution in [3.05, 3.63) is 0 Å². The number of aliphatic hydroxyl groups is 1. The molecule has 0 aliphatic carbocycles. The van der Waals surface area contributed by atoms with Crippen molar-refractivity contribution >= 4 is 11.9 Å². The van der Waals surface area contributed by atoms with Gasteiger partial charge in [0, 0.05) is 6.42 Å². The van der Waals surface area contributed by atoms with Crippen molar-refractivity contribution in [1.82, 2.24) is 5.32 Å². The van der Waals surface area contributed by atoms with Crippen molar-refractivity contribution in [3.63, 3.8) is 0 Å². The number of aliphatic hydroxyl groups excluding tert-OH is 1. The topological polar surface area (TPSA) is 75.6 Å². The second-order valence-electron chi connectivity index (χ2n) is 15.6. The molecule has 5 heteroatoms. The van der Waals surface area contributed by atoms with E-state index in [1.165, 1.54) is 205 Å². The lowest BCUT2D eigenvalue weighted by molar-refractivity contribution is -0.149. The third-order valence-electron chi connectivity index (χ3n) is 10.6. The number of rotatable bonds is 42. The predicted octanol–water partition coefficient (Wildman–Crippen LogP) is 13.9. The molecule has 0 rings (SSSR count). The molecule has 0 aromatic heterocycles. The van der Waals surface area contributed by atoms with Crippen molar-refractivity contribution < 1.29 is 19.4 Å². The molecule has 0 heterocycles. The monoisotopic (exact) mass is 708 g/mol. The van der Waals surface area contributed by atoms with Crippen LogP contribution in [0, 0.1) is 0 Å². The smallest absolute Gasteiger partial charge is 0.331 e. The third-order valence-corrected chi connectivity index (χ3v) is 10.6. The van der Waals surface area contributed by atoms with Gasteiger partial charge >= 0.3 is 5.97 Å². The van der Waals surface area contributed by atoms with E-state index in [2.05, 4.69) is 19.2 Å². The molecule has 0 saturated carbocycles. The van der Waals surface area contributed by atoms with E-state index in [0.717, 1.165) is 32.1 Å². The summed E-state index contributed by atoms with van der Waals surface area (Å²) in [6.45, 7) is 4.49. The summed E-state index contributed by atoms with van der Waals surface area (Å²) in [5.74, 6) is -0.684. The molecule has 0 bridgehead atoms. The van der Waals surface area contributed by atoms with Crippen LogP contribution in [0.25, 0.3) is 0 Å². The minimum atomic E-state index is -0.945. The molecule has 0 aromatic carbocycles. The number of unbranched alkanes of at least 4 members (excludes halogenated alkanes) is 35. The number of carbonyl (C=O) groups is 2. The average molecular weight is 708 g/mol. The number of ether oxygens (including phenoxy) is 1. The van der Waals surface area contributed by atoms with Crippen LogP contribution >= 0.6 is 0 Å². The van der Waals surface area contributed by atoms with Crippen LogP contribution in [0.1, 0.15) is 258 Å². The van der Waals surface area contributed by atoms with Gasteiger partial charge in [-0.1, -0.05) is 239 Å². The molecule has 0 radical (unpaired) electrons. The zero-order chi connectivity index (χ0) is 36.4. The van der Waals surface area contributed by atoms with Gasteiger partial charge in [0.15, 0.2) is 6.04 Å². The highest BCUT2D eigenvalue weighted by Crippen LogP contribution is 2.16. The lowest BCUT2D eigenvalue weighted by Gasteiger charge is -2.15. The average Bonchev–Trinajstić information content (AvgIpc) is 3.12. The molecule has 1 atom stereocenters. The maximum absolute atomic E-state index is 12.3. The first-order valence-electron chi connectivity index (χ1n) is 22.7. The van der Waals surface area contributed by atoms with Crippen LogP contribution < -0.4 is 5.32 Å². The summed E-state index contributed by atoms with van der Waals surface area (Å²) >= 11 is 0. The van der Waals surface area contributed by atoms with Gasteiger partial charge < -0.3 is 15.2 Å². The predicted molar refractivity (Wildman–Crippen MR) is 217 cm³/mol. The fourth-order valence-electron chi connectivity index (χ4n) is 7.09. The van der Waals surface area contributed by atoms with Gasteiger partial charge in [0.2, 0.25) is 5.91 Å². The van der Waals surface area contributed by atoms with E-state index in [-0.39, 0.29) is 5.91 Å². The van der Waals surface area contributed by atoms with Crippen LogP contribution in [-0.4, -0.2) is 36.2 Å². The molecular weight excluding hydrogens is 618 g/mol. The summed E-state index contributed by atoms with van der Waals surface area (Å²) in [7, 11) is 0. The van der Waals surface area contributed by atoms with Crippen LogP contribution in [0.2, 0.25) is 0 Å². The van der Waals surface area contributed by atoms with Gasteiger partial charge in [-0.3, -0.25) is 4.79 Å². The zero-order valence-corrected chi connectivity index (χ0v) is 34.0. The molecule has 0 unspecified atom stereocenters. The summed E-state index contributed by atoms with van der Waals surface area (Å²) in [6, 6.07) is -0.945. The normalized spacial score (nSPS) is 12.0. The molecule has 0 aromatic rings. The van der Waals surface area contributed by atoms with Gasteiger partial charge in [-0.2, -0.15) is 0 Å². The summed E-state index contributed by atoms with van der Waals surface area (Å²) in [4.78, 5) is 24.6. The first-order valence-corrected chi connectivity index (χ1v) is 22.7. The molecule has 0 fully saturated rings. The molecule has 0 spiro atoms. The van der Waals surface area contributed by atoms with E-state index in [9.17, 15) is 14.7 Å². The number of esters is 1. The van der Waals surface area contributed by atoms with Gasteiger partial charge in [-0.05, 0) is 12.8 Å². The van der Waals surface area contributed by atoms with Gasteiger partial charge in [0.25, 0.3) is 0 Å².